The molecule has 1 aromatic heterocycles. The van der Waals surface area contributed by atoms with Crippen molar-refractivity contribution in [2.75, 3.05) is 23.4 Å². The van der Waals surface area contributed by atoms with Gasteiger partial charge in [-0.3, -0.25) is 9.59 Å². The third kappa shape index (κ3) is 5.22. The Morgan fingerprint density at radius 2 is 1.76 bits per heavy atom. The smallest absolute Gasteiger partial charge is 0.263 e. The van der Waals surface area contributed by atoms with Crippen LogP contribution in [-0.4, -0.2) is 34.7 Å². The topological polar surface area (TPSA) is 76.5 Å². The van der Waals surface area contributed by atoms with Crippen molar-refractivity contribution < 1.29 is 18.7 Å². The number of nitrogens with one attached hydrogen (secondary N) is 1. The van der Waals surface area contributed by atoms with Gasteiger partial charge in [-0.15, -0.1) is 0 Å². The van der Waals surface area contributed by atoms with E-state index in [0.717, 1.165) is 24.3 Å². The molecule has 2 aromatic carbocycles. The molecule has 0 bridgehead atoms. The Hall–Kier alpha value is -3.68. The molecule has 1 aliphatic heterocycles. The van der Waals surface area contributed by atoms with Gasteiger partial charge in [0.15, 0.2) is 6.61 Å². The van der Waals surface area contributed by atoms with Gasteiger partial charge < -0.3 is 15.0 Å². The van der Waals surface area contributed by atoms with E-state index in [2.05, 4.69) is 10.4 Å². The van der Waals surface area contributed by atoms with Crippen LogP contribution in [0.3, 0.4) is 0 Å². The maximum atomic E-state index is 13.4. The van der Waals surface area contributed by atoms with Crippen LogP contribution >= 0.6 is 0 Å². The average molecular weight is 451 g/mol. The Morgan fingerprint density at radius 3 is 2.36 bits per heavy atom. The Morgan fingerprint density at radius 1 is 1.09 bits per heavy atom. The molecular weight excluding hydrogens is 423 g/mol. The molecule has 0 aliphatic carbocycles. The highest BCUT2D eigenvalue weighted by atomic mass is 19.1. The Labute approximate surface area is 192 Å². The number of rotatable bonds is 6. The summed E-state index contributed by atoms with van der Waals surface area (Å²) in [4.78, 5) is 26.2. The second-order valence-electron chi connectivity index (χ2n) is 9.03. The number of ether oxygens (including phenoxy) is 1. The normalized spacial score (nSPS) is 13.9. The summed E-state index contributed by atoms with van der Waals surface area (Å²) in [5, 5.41) is 7.45. The summed E-state index contributed by atoms with van der Waals surface area (Å²) in [6.07, 6.45) is 1.44. The molecule has 0 atom stereocenters. The second kappa shape index (κ2) is 9.05. The van der Waals surface area contributed by atoms with Gasteiger partial charge in [0.2, 0.25) is 5.91 Å². The quantitative estimate of drug-likeness (QED) is 0.602. The molecule has 1 saturated heterocycles. The van der Waals surface area contributed by atoms with Gasteiger partial charge in [0.05, 0.1) is 11.4 Å². The molecule has 1 aliphatic rings. The van der Waals surface area contributed by atoms with Gasteiger partial charge >= 0.3 is 0 Å². The third-order valence-electron chi connectivity index (χ3n) is 5.41. The first-order valence-corrected chi connectivity index (χ1v) is 10.9. The van der Waals surface area contributed by atoms with Crippen LogP contribution in [0.4, 0.5) is 15.9 Å². The molecule has 3 aromatic rings. The second-order valence-corrected chi connectivity index (χ2v) is 9.03. The van der Waals surface area contributed by atoms with Crippen LogP contribution in [0.5, 0.6) is 5.75 Å². The van der Waals surface area contributed by atoms with E-state index < -0.39 is 0 Å². The number of amides is 2. The molecule has 4 rings (SSSR count). The van der Waals surface area contributed by atoms with Crippen LogP contribution < -0.4 is 15.0 Å². The van der Waals surface area contributed by atoms with E-state index in [1.807, 2.05) is 39.0 Å². The van der Waals surface area contributed by atoms with E-state index in [1.54, 1.807) is 33.8 Å². The molecule has 2 heterocycles. The van der Waals surface area contributed by atoms with Crippen LogP contribution in [0, 0.1) is 5.82 Å². The van der Waals surface area contributed by atoms with E-state index in [4.69, 9.17) is 4.74 Å². The number of carbonyl (C=O) groups excluding carboxylic acids is 2. The Balaban J connectivity index is 1.44. The lowest BCUT2D eigenvalue weighted by atomic mass is 9.92. The minimum Gasteiger partial charge on any atom is -0.484 e. The van der Waals surface area contributed by atoms with Gasteiger partial charge in [-0.1, -0.05) is 20.8 Å². The van der Waals surface area contributed by atoms with Crippen LogP contribution in [-0.2, 0) is 15.0 Å². The van der Waals surface area contributed by atoms with Gasteiger partial charge in [-0.2, -0.15) is 5.10 Å². The SMILES string of the molecule is CC(C)(C)c1cc(NC(=O)COc2ccc(N3CCCC3=O)cc2)n(-c2ccc(F)cc2)n1. The van der Waals surface area contributed by atoms with Crippen molar-refractivity contribution in [2.45, 2.75) is 39.0 Å². The van der Waals surface area contributed by atoms with Gasteiger partial charge in [-0.25, -0.2) is 9.07 Å². The lowest BCUT2D eigenvalue weighted by molar-refractivity contribution is -0.118. The molecule has 0 saturated carbocycles. The van der Waals surface area contributed by atoms with Crippen LogP contribution in [0.2, 0.25) is 0 Å². The number of hydrogen-bond donors (Lipinski definition) is 1. The van der Waals surface area contributed by atoms with Gasteiger partial charge in [0, 0.05) is 30.1 Å². The van der Waals surface area contributed by atoms with Gasteiger partial charge in [0.1, 0.15) is 17.4 Å². The molecule has 33 heavy (non-hydrogen) atoms. The fraction of sp³-hybridized carbons (Fsp3) is 0.320. The third-order valence-corrected chi connectivity index (χ3v) is 5.41. The Kier molecular flexibility index (Phi) is 6.18. The molecule has 7 nitrogen and oxygen atoms in total. The predicted octanol–water partition coefficient (Wildman–Crippen LogP) is 4.45. The summed E-state index contributed by atoms with van der Waals surface area (Å²) < 4.78 is 20.6. The van der Waals surface area contributed by atoms with Crippen molar-refractivity contribution in [3.63, 3.8) is 0 Å². The number of hydrogen-bond acceptors (Lipinski definition) is 4. The summed E-state index contributed by atoms with van der Waals surface area (Å²) in [7, 11) is 0. The van der Waals surface area contributed by atoms with E-state index in [1.165, 1.54) is 12.1 Å². The number of carbonyl (C=O) groups is 2. The fourth-order valence-corrected chi connectivity index (χ4v) is 3.59. The van der Waals surface area contributed by atoms with E-state index in [0.29, 0.717) is 23.7 Å². The largest absolute Gasteiger partial charge is 0.484 e. The number of anilines is 2. The van der Waals surface area contributed by atoms with Crippen molar-refractivity contribution >= 4 is 23.3 Å². The van der Waals surface area contributed by atoms with Crippen molar-refractivity contribution in [3.8, 4) is 11.4 Å². The van der Waals surface area contributed by atoms with Crippen molar-refractivity contribution in [3.05, 3.63) is 66.1 Å². The molecular formula is C25H27FN4O3. The lowest BCUT2D eigenvalue weighted by Gasteiger charge is -2.16. The van der Waals surface area contributed by atoms with Crippen molar-refractivity contribution in [1.82, 2.24) is 9.78 Å². The predicted molar refractivity (Wildman–Crippen MR) is 124 cm³/mol. The average Bonchev–Trinajstić information content (AvgIpc) is 3.39. The first-order chi connectivity index (χ1) is 15.7. The lowest BCUT2D eigenvalue weighted by Crippen LogP contribution is -2.23. The number of aromatic nitrogens is 2. The highest BCUT2D eigenvalue weighted by Crippen LogP contribution is 2.27. The minimum atomic E-state index is -0.350. The first kappa shape index (κ1) is 22.5. The van der Waals surface area contributed by atoms with Gasteiger partial charge in [-0.05, 0) is 55.0 Å². The molecule has 1 N–H and O–H groups in total. The molecule has 0 unspecified atom stereocenters. The summed E-state index contributed by atoms with van der Waals surface area (Å²) in [6, 6.07) is 14.8. The number of benzene rings is 2. The highest BCUT2D eigenvalue weighted by Gasteiger charge is 2.23. The zero-order valence-corrected chi connectivity index (χ0v) is 19.0. The maximum absolute atomic E-state index is 13.4. The Bertz CT molecular complexity index is 1150. The molecule has 8 heteroatoms. The van der Waals surface area contributed by atoms with Crippen LogP contribution in [0.1, 0.15) is 39.3 Å². The molecule has 0 spiro atoms. The van der Waals surface area contributed by atoms with Crippen LogP contribution in [0.15, 0.2) is 54.6 Å². The first-order valence-electron chi connectivity index (χ1n) is 10.9. The van der Waals surface area contributed by atoms with Crippen molar-refractivity contribution in [1.29, 1.82) is 0 Å². The molecule has 172 valence electrons. The summed E-state index contributed by atoms with van der Waals surface area (Å²) in [5.41, 5.74) is 2.01. The summed E-state index contributed by atoms with van der Waals surface area (Å²) >= 11 is 0. The fourth-order valence-electron chi connectivity index (χ4n) is 3.59. The zero-order chi connectivity index (χ0) is 23.6. The summed E-state index contributed by atoms with van der Waals surface area (Å²) in [5.74, 6) is 0.431. The van der Waals surface area contributed by atoms with E-state index >= 15 is 0 Å². The molecule has 2 amide bonds. The van der Waals surface area contributed by atoms with E-state index in [-0.39, 0.29) is 29.7 Å². The van der Waals surface area contributed by atoms with Crippen LogP contribution in [0.25, 0.3) is 5.69 Å². The van der Waals surface area contributed by atoms with E-state index in [9.17, 15) is 14.0 Å². The zero-order valence-electron chi connectivity index (χ0n) is 19.0. The van der Waals surface area contributed by atoms with Crippen molar-refractivity contribution in [2.24, 2.45) is 0 Å². The standard InChI is InChI=1S/C25H27FN4O3/c1-25(2,3)21-15-22(30(28-21)19-8-6-17(26)7-9-19)27-23(31)16-33-20-12-10-18(11-13-20)29-14-4-5-24(29)32/h6-13,15H,4-5,14,16H2,1-3H3,(H,27,31). The molecule has 0 radical (unpaired) electrons. The number of halogens is 1. The summed E-state index contributed by atoms with van der Waals surface area (Å²) in [6.45, 7) is 6.61. The highest BCUT2D eigenvalue weighted by molar-refractivity contribution is 5.95. The molecule has 1 fully saturated rings. The minimum absolute atomic E-state index is 0.121. The monoisotopic (exact) mass is 450 g/mol. The maximum Gasteiger partial charge on any atom is 0.263 e. The number of nitrogens with zero attached hydrogens (tertiary/aromatic N) is 3. The van der Waals surface area contributed by atoms with Gasteiger partial charge in [0.25, 0.3) is 5.91 Å².